The molecule has 25 heavy (non-hydrogen) atoms. The Kier molecular flexibility index (Phi) is 3.52. The van der Waals surface area contributed by atoms with Crippen molar-refractivity contribution in [2.75, 3.05) is 26.2 Å². The molecule has 0 unspecified atom stereocenters. The lowest BCUT2D eigenvalue weighted by Crippen LogP contribution is -2.34. The van der Waals surface area contributed by atoms with Gasteiger partial charge in [-0.15, -0.1) is 0 Å². The minimum absolute atomic E-state index is 0.151. The average Bonchev–Trinajstić information content (AvgIpc) is 3.36. The molecule has 5 rings (SSSR count). The zero-order valence-electron chi connectivity index (χ0n) is 14.2. The number of nitrogens with zero attached hydrogens (tertiary/aromatic N) is 1. The number of carbonyl (C=O) groups excluding carboxylic acids is 1. The van der Waals surface area contributed by atoms with E-state index >= 15 is 0 Å². The molecule has 2 aromatic carbocycles. The van der Waals surface area contributed by atoms with Crippen molar-refractivity contribution in [3.8, 4) is 5.75 Å². The van der Waals surface area contributed by atoms with E-state index in [-0.39, 0.29) is 11.9 Å². The maximum Gasteiger partial charge on any atom is 0.254 e. The van der Waals surface area contributed by atoms with E-state index in [1.54, 1.807) is 0 Å². The summed E-state index contributed by atoms with van der Waals surface area (Å²) in [5.41, 5.74) is 3.19. The normalized spacial score (nSPS) is 27.0. The third-order valence-electron chi connectivity index (χ3n) is 5.90. The molecule has 0 aromatic heterocycles. The number of likely N-dealkylation sites (tertiary alicyclic amines) is 1. The minimum Gasteiger partial charge on any atom is -0.493 e. The molecular weight excluding hydrogens is 312 g/mol. The van der Waals surface area contributed by atoms with E-state index in [1.807, 2.05) is 24.3 Å². The van der Waals surface area contributed by atoms with Gasteiger partial charge >= 0.3 is 0 Å². The number of ether oxygens (including phenoxy) is 1. The van der Waals surface area contributed by atoms with Gasteiger partial charge in [0.1, 0.15) is 5.75 Å². The number of rotatable bonds is 2. The van der Waals surface area contributed by atoms with Crippen molar-refractivity contribution in [2.24, 2.45) is 11.8 Å². The highest BCUT2D eigenvalue weighted by atomic mass is 16.5. The number of hydrogen-bond acceptors (Lipinski definition) is 3. The number of carbonyl (C=O) groups is 1. The molecule has 3 aliphatic heterocycles. The van der Waals surface area contributed by atoms with E-state index in [0.717, 1.165) is 49.5 Å². The quantitative estimate of drug-likeness (QED) is 0.918. The molecule has 1 N–H and O–H groups in total. The van der Waals surface area contributed by atoms with Gasteiger partial charge in [-0.3, -0.25) is 4.79 Å². The second-order valence-electron chi connectivity index (χ2n) is 7.32. The van der Waals surface area contributed by atoms with Crippen LogP contribution >= 0.6 is 0 Å². The zero-order chi connectivity index (χ0) is 16.8. The summed E-state index contributed by atoms with van der Waals surface area (Å²) < 4.78 is 5.58. The highest BCUT2D eigenvalue weighted by molar-refractivity contribution is 5.95. The van der Waals surface area contributed by atoms with Gasteiger partial charge in [0, 0.05) is 37.5 Å². The van der Waals surface area contributed by atoms with Crippen LogP contribution in [0.5, 0.6) is 5.75 Å². The van der Waals surface area contributed by atoms with Gasteiger partial charge in [-0.2, -0.15) is 0 Å². The number of fused-ring (bicyclic) bond motifs is 2. The lowest BCUT2D eigenvalue weighted by Gasteiger charge is -2.28. The Balaban J connectivity index is 1.50. The Morgan fingerprint density at radius 1 is 1.12 bits per heavy atom. The summed E-state index contributed by atoms with van der Waals surface area (Å²) in [5.74, 6) is 2.13. The van der Waals surface area contributed by atoms with Crippen molar-refractivity contribution in [1.82, 2.24) is 10.2 Å². The van der Waals surface area contributed by atoms with E-state index in [4.69, 9.17) is 4.74 Å². The summed E-state index contributed by atoms with van der Waals surface area (Å²) in [6.45, 7) is 3.56. The van der Waals surface area contributed by atoms with Gasteiger partial charge in [-0.05, 0) is 35.2 Å². The van der Waals surface area contributed by atoms with Crippen LogP contribution in [0.1, 0.15) is 27.5 Å². The monoisotopic (exact) mass is 334 g/mol. The van der Waals surface area contributed by atoms with Gasteiger partial charge in [0.05, 0.1) is 12.6 Å². The molecule has 3 atom stereocenters. The summed E-state index contributed by atoms with van der Waals surface area (Å²) in [7, 11) is 0. The molecule has 0 bridgehead atoms. The molecule has 0 radical (unpaired) electrons. The highest BCUT2D eigenvalue weighted by Gasteiger charge is 2.46. The summed E-state index contributed by atoms with van der Waals surface area (Å²) in [6.07, 6.45) is 0.897. The van der Waals surface area contributed by atoms with Crippen LogP contribution in [0.4, 0.5) is 0 Å². The topological polar surface area (TPSA) is 41.6 Å². The van der Waals surface area contributed by atoms with Gasteiger partial charge in [0.15, 0.2) is 0 Å². The predicted molar refractivity (Wildman–Crippen MR) is 95.7 cm³/mol. The highest BCUT2D eigenvalue weighted by Crippen LogP contribution is 2.43. The Hall–Kier alpha value is -2.33. The fourth-order valence-corrected chi connectivity index (χ4v) is 4.69. The maximum atomic E-state index is 13.3. The Morgan fingerprint density at radius 3 is 2.88 bits per heavy atom. The minimum atomic E-state index is 0.151. The smallest absolute Gasteiger partial charge is 0.254 e. The van der Waals surface area contributed by atoms with Crippen LogP contribution in [0.3, 0.4) is 0 Å². The predicted octanol–water partition coefficient (Wildman–Crippen LogP) is 2.65. The lowest BCUT2D eigenvalue weighted by molar-refractivity contribution is 0.0714. The second kappa shape index (κ2) is 5.88. The zero-order valence-corrected chi connectivity index (χ0v) is 14.2. The van der Waals surface area contributed by atoms with Crippen LogP contribution in [0.15, 0.2) is 48.5 Å². The Bertz CT molecular complexity index is 805. The molecule has 2 aromatic rings. The number of benzene rings is 2. The van der Waals surface area contributed by atoms with Gasteiger partial charge < -0.3 is 15.0 Å². The van der Waals surface area contributed by atoms with Crippen LogP contribution in [-0.4, -0.2) is 37.0 Å². The van der Waals surface area contributed by atoms with E-state index in [9.17, 15) is 4.79 Å². The van der Waals surface area contributed by atoms with Crippen LogP contribution in [0.25, 0.3) is 0 Å². The SMILES string of the molecule is O=C(c1ccc2c(c1)CCO2)N1C[C@@H]2CNC[C@@H]2[C@H]1c1ccccc1. The molecule has 4 nitrogen and oxygen atoms in total. The van der Waals surface area contributed by atoms with Crippen molar-refractivity contribution < 1.29 is 9.53 Å². The molecule has 0 spiro atoms. The van der Waals surface area contributed by atoms with Crippen molar-refractivity contribution in [1.29, 1.82) is 0 Å². The Morgan fingerprint density at radius 2 is 2.00 bits per heavy atom. The fourth-order valence-electron chi connectivity index (χ4n) is 4.69. The van der Waals surface area contributed by atoms with Crippen molar-refractivity contribution in [3.05, 3.63) is 65.2 Å². The van der Waals surface area contributed by atoms with Gasteiger partial charge in [0.25, 0.3) is 5.91 Å². The van der Waals surface area contributed by atoms with Crippen LogP contribution in [-0.2, 0) is 6.42 Å². The van der Waals surface area contributed by atoms with Crippen LogP contribution < -0.4 is 10.1 Å². The number of amides is 1. The molecule has 4 heteroatoms. The molecule has 3 aliphatic rings. The molecule has 2 fully saturated rings. The second-order valence-corrected chi connectivity index (χ2v) is 7.32. The molecule has 3 heterocycles. The fraction of sp³-hybridized carbons (Fsp3) is 0.381. The Labute approximate surface area is 147 Å². The summed E-state index contributed by atoms with van der Waals surface area (Å²) in [4.78, 5) is 15.4. The summed E-state index contributed by atoms with van der Waals surface area (Å²) >= 11 is 0. The van der Waals surface area contributed by atoms with Crippen molar-refractivity contribution in [2.45, 2.75) is 12.5 Å². The molecule has 0 aliphatic carbocycles. The maximum absolute atomic E-state index is 13.3. The first-order chi connectivity index (χ1) is 12.3. The van der Waals surface area contributed by atoms with E-state index < -0.39 is 0 Å². The summed E-state index contributed by atoms with van der Waals surface area (Å²) in [6, 6.07) is 16.5. The number of nitrogens with one attached hydrogen (secondary N) is 1. The van der Waals surface area contributed by atoms with Gasteiger partial charge in [0.2, 0.25) is 0 Å². The van der Waals surface area contributed by atoms with E-state index in [2.05, 4.69) is 34.5 Å². The van der Waals surface area contributed by atoms with Crippen molar-refractivity contribution >= 4 is 5.91 Å². The molecule has 2 saturated heterocycles. The molecular formula is C21H22N2O2. The first kappa shape index (κ1) is 15.0. The molecule has 0 saturated carbocycles. The lowest BCUT2D eigenvalue weighted by atomic mass is 9.89. The third kappa shape index (κ3) is 2.44. The average molecular weight is 334 g/mol. The van der Waals surface area contributed by atoms with Crippen LogP contribution in [0.2, 0.25) is 0 Å². The largest absolute Gasteiger partial charge is 0.493 e. The standard InChI is InChI=1S/C21H22N2O2/c24-21(16-6-7-19-15(10-16)8-9-25-19)23-13-17-11-22-12-18(17)20(23)14-4-2-1-3-5-14/h1-7,10,17-18,20,22H,8-9,11-13H2/t17-,18-,20+/m0/s1. The van der Waals surface area contributed by atoms with Crippen molar-refractivity contribution in [3.63, 3.8) is 0 Å². The molecule has 1 amide bonds. The first-order valence-corrected chi connectivity index (χ1v) is 9.13. The number of hydrogen-bond donors (Lipinski definition) is 1. The molecule has 128 valence electrons. The van der Waals surface area contributed by atoms with E-state index in [1.165, 1.54) is 5.56 Å². The third-order valence-corrected chi connectivity index (χ3v) is 5.90. The van der Waals surface area contributed by atoms with Crippen LogP contribution in [0, 0.1) is 11.8 Å². The first-order valence-electron chi connectivity index (χ1n) is 9.13. The van der Waals surface area contributed by atoms with E-state index in [0.29, 0.717) is 11.8 Å². The van der Waals surface area contributed by atoms with Gasteiger partial charge in [-0.1, -0.05) is 30.3 Å². The van der Waals surface area contributed by atoms with Gasteiger partial charge in [-0.25, -0.2) is 0 Å². The summed E-state index contributed by atoms with van der Waals surface area (Å²) in [5, 5.41) is 3.50.